The minimum absolute atomic E-state index is 0.00723. The second-order valence-electron chi connectivity index (χ2n) is 7.31. The molecule has 2 heterocycles. The molecule has 0 radical (unpaired) electrons. The Morgan fingerprint density at radius 3 is 2.74 bits per heavy atom. The van der Waals surface area contributed by atoms with Gasteiger partial charge in [-0.2, -0.15) is 4.98 Å². The molecule has 0 fully saturated rings. The van der Waals surface area contributed by atoms with E-state index in [1.807, 2.05) is 19.0 Å². The number of aromatic amines is 1. The predicted molar refractivity (Wildman–Crippen MR) is 121 cm³/mol. The number of nitrogens with one attached hydrogen (secondary N) is 2. The largest absolute Gasteiger partial charge is 0.489 e. The third kappa shape index (κ3) is 5.40. The molecule has 0 spiro atoms. The van der Waals surface area contributed by atoms with E-state index in [-0.39, 0.29) is 24.3 Å². The number of H-pyrrole nitrogens is 1. The van der Waals surface area contributed by atoms with Gasteiger partial charge in [0, 0.05) is 25.2 Å². The second-order valence-corrected chi connectivity index (χ2v) is 8.15. The Labute approximate surface area is 188 Å². The number of rotatable bonds is 9. The highest BCUT2D eigenvalue weighted by Gasteiger charge is 2.20. The van der Waals surface area contributed by atoms with Crippen molar-refractivity contribution in [1.29, 1.82) is 0 Å². The molecule has 1 atom stereocenters. The molecule has 3 N–H and O–H groups in total. The lowest BCUT2D eigenvalue weighted by molar-refractivity contribution is 0.0939. The van der Waals surface area contributed by atoms with Gasteiger partial charge in [-0.1, -0.05) is 23.2 Å². The van der Waals surface area contributed by atoms with Gasteiger partial charge in [0.1, 0.15) is 18.5 Å². The van der Waals surface area contributed by atoms with Crippen LogP contribution in [0.3, 0.4) is 0 Å². The van der Waals surface area contributed by atoms with Gasteiger partial charge in [0.05, 0.1) is 11.6 Å². The van der Waals surface area contributed by atoms with Crippen molar-refractivity contribution in [2.75, 3.05) is 39.1 Å². The number of nitrogens with zero attached hydrogens (tertiary/aromatic N) is 4. The van der Waals surface area contributed by atoms with E-state index in [9.17, 15) is 14.7 Å². The number of hydrogen-bond acceptors (Lipinski definition) is 7. The molecule has 168 valence electrons. The number of aromatic nitrogens is 4. The summed E-state index contributed by atoms with van der Waals surface area (Å²) in [5.41, 5.74) is -0.753. The summed E-state index contributed by atoms with van der Waals surface area (Å²) in [7, 11) is 5.38. The lowest BCUT2D eigenvalue weighted by Gasteiger charge is -2.17. The van der Waals surface area contributed by atoms with Gasteiger partial charge in [0.15, 0.2) is 11.2 Å². The Hall–Kier alpha value is -2.53. The van der Waals surface area contributed by atoms with E-state index in [2.05, 4.69) is 15.3 Å². The molecule has 10 nitrogen and oxygen atoms in total. The number of benzene rings is 1. The van der Waals surface area contributed by atoms with Crippen LogP contribution in [0.5, 0.6) is 5.75 Å². The molecule has 12 heteroatoms. The summed E-state index contributed by atoms with van der Waals surface area (Å²) in [6.07, 6.45) is -0.991. The van der Waals surface area contributed by atoms with Crippen LogP contribution in [0.15, 0.2) is 27.8 Å². The van der Waals surface area contributed by atoms with Crippen LogP contribution in [0.4, 0.5) is 5.95 Å². The zero-order valence-corrected chi connectivity index (χ0v) is 18.9. The van der Waals surface area contributed by atoms with E-state index in [1.165, 1.54) is 11.6 Å². The van der Waals surface area contributed by atoms with Gasteiger partial charge >= 0.3 is 5.69 Å². The van der Waals surface area contributed by atoms with Gasteiger partial charge in [-0.05, 0) is 32.3 Å². The monoisotopic (exact) mass is 470 g/mol. The number of aryl methyl sites for hydroxylation is 1. The van der Waals surface area contributed by atoms with Crippen molar-refractivity contribution in [3.63, 3.8) is 0 Å². The maximum atomic E-state index is 12.5. The summed E-state index contributed by atoms with van der Waals surface area (Å²) in [4.78, 5) is 33.1. The summed E-state index contributed by atoms with van der Waals surface area (Å²) in [6.45, 7) is 1.20. The van der Waals surface area contributed by atoms with Crippen molar-refractivity contribution in [3.05, 3.63) is 49.1 Å². The number of ether oxygens (including phenoxy) is 1. The highest BCUT2D eigenvalue weighted by atomic mass is 35.5. The SMILES string of the molecule is CN(C)CCNc1nc2c(c(=O)[nH]c(=O)n2C)n1C[C@H](O)COc1ccc(Cl)cc1Cl. The fourth-order valence-corrected chi connectivity index (χ4v) is 3.44. The van der Waals surface area contributed by atoms with E-state index >= 15 is 0 Å². The number of likely N-dealkylation sites (N-methyl/N-ethyl adjacent to an activating group) is 1. The van der Waals surface area contributed by atoms with E-state index < -0.39 is 17.4 Å². The minimum Gasteiger partial charge on any atom is -0.489 e. The molecule has 2 aromatic heterocycles. The molecule has 0 saturated carbocycles. The molecule has 0 aliphatic carbocycles. The van der Waals surface area contributed by atoms with Gasteiger partial charge in [-0.15, -0.1) is 0 Å². The average Bonchev–Trinajstić information content (AvgIpc) is 3.04. The van der Waals surface area contributed by atoms with Crippen LogP contribution in [-0.2, 0) is 13.6 Å². The van der Waals surface area contributed by atoms with E-state index in [0.29, 0.717) is 28.3 Å². The number of halogens is 2. The van der Waals surface area contributed by atoms with Crippen molar-refractivity contribution in [2.24, 2.45) is 7.05 Å². The summed E-state index contributed by atoms with van der Waals surface area (Å²) < 4.78 is 8.39. The molecule has 3 rings (SSSR count). The Morgan fingerprint density at radius 2 is 2.06 bits per heavy atom. The average molecular weight is 471 g/mol. The number of anilines is 1. The number of fused-ring (bicyclic) bond motifs is 1. The number of aliphatic hydroxyl groups is 1. The number of imidazole rings is 1. The highest BCUT2D eigenvalue weighted by Crippen LogP contribution is 2.27. The summed E-state index contributed by atoms with van der Waals surface area (Å²) in [5, 5.41) is 14.5. The first-order valence-electron chi connectivity index (χ1n) is 9.51. The minimum atomic E-state index is -0.991. The fraction of sp³-hybridized carbons (Fsp3) is 0.421. The Balaban J connectivity index is 1.86. The van der Waals surface area contributed by atoms with Crippen molar-refractivity contribution in [2.45, 2.75) is 12.6 Å². The maximum Gasteiger partial charge on any atom is 0.329 e. The van der Waals surface area contributed by atoms with Crippen molar-refractivity contribution in [1.82, 2.24) is 24.0 Å². The fourth-order valence-electron chi connectivity index (χ4n) is 2.98. The quantitative estimate of drug-likeness (QED) is 0.429. The molecule has 0 amide bonds. The van der Waals surface area contributed by atoms with Crippen LogP contribution in [0.25, 0.3) is 11.2 Å². The van der Waals surface area contributed by atoms with Crippen LogP contribution in [0, 0.1) is 0 Å². The van der Waals surface area contributed by atoms with Crippen LogP contribution in [0.1, 0.15) is 0 Å². The van der Waals surface area contributed by atoms with E-state index in [4.69, 9.17) is 27.9 Å². The van der Waals surface area contributed by atoms with Gasteiger partial charge in [-0.3, -0.25) is 14.3 Å². The standard InChI is InChI=1S/C19H24Cl2N6O4/c1-25(2)7-6-22-18-23-16-15(17(29)24-19(30)26(16)3)27(18)9-12(28)10-31-14-5-4-11(20)8-13(14)21/h4-5,8,12,28H,6-7,9-10H2,1-3H3,(H,22,23)(H,24,29,30)/t12-/m0/s1. The van der Waals surface area contributed by atoms with Crippen molar-refractivity contribution in [3.8, 4) is 5.75 Å². The van der Waals surface area contributed by atoms with Crippen molar-refractivity contribution < 1.29 is 9.84 Å². The normalized spacial score (nSPS) is 12.5. The van der Waals surface area contributed by atoms with Gasteiger partial charge in [-0.25, -0.2) is 4.79 Å². The zero-order valence-electron chi connectivity index (χ0n) is 17.4. The third-order valence-electron chi connectivity index (χ3n) is 4.57. The number of aliphatic hydroxyl groups excluding tert-OH is 1. The van der Waals surface area contributed by atoms with Gasteiger partial charge in [0.2, 0.25) is 5.95 Å². The molecule has 0 aliphatic heterocycles. The van der Waals surface area contributed by atoms with Crippen LogP contribution < -0.4 is 21.3 Å². The number of hydrogen-bond donors (Lipinski definition) is 3. The van der Waals surface area contributed by atoms with Crippen molar-refractivity contribution >= 4 is 40.3 Å². The molecule has 0 unspecified atom stereocenters. The second kappa shape index (κ2) is 9.73. The smallest absolute Gasteiger partial charge is 0.329 e. The molecular weight excluding hydrogens is 447 g/mol. The summed E-state index contributed by atoms with van der Waals surface area (Å²) in [6, 6.07) is 4.78. The zero-order chi connectivity index (χ0) is 22.7. The first-order valence-corrected chi connectivity index (χ1v) is 10.3. The van der Waals surface area contributed by atoms with E-state index in [1.54, 1.807) is 22.8 Å². The predicted octanol–water partition coefficient (Wildman–Crippen LogP) is 1.14. The molecule has 0 saturated heterocycles. The summed E-state index contributed by atoms with van der Waals surface area (Å²) in [5.74, 6) is 0.748. The maximum absolute atomic E-state index is 12.5. The van der Waals surface area contributed by atoms with Crippen LogP contribution >= 0.6 is 23.2 Å². The molecule has 0 bridgehead atoms. The lowest BCUT2D eigenvalue weighted by Crippen LogP contribution is -2.31. The summed E-state index contributed by atoms with van der Waals surface area (Å²) >= 11 is 12.0. The molecule has 1 aromatic carbocycles. The van der Waals surface area contributed by atoms with Gasteiger partial charge in [0.25, 0.3) is 5.56 Å². The highest BCUT2D eigenvalue weighted by molar-refractivity contribution is 6.35. The van der Waals surface area contributed by atoms with Gasteiger partial charge < -0.3 is 24.6 Å². The first-order chi connectivity index (χ1) is 14.7. The molecule has 3 aromatic rings. The van der Waals surface area contributed by atoms with Crippen LogP contribution in [-0.4, -0.2) is 69.0 Å². The topological polar surface area (TPSA) is 117 Å². The Kier molecular flexibility index (Phi) is 7.26. The Bertz CT molecular complexity index is 1190. The van der Waals surface area contributed by atoms with Crippen LogP contribution in [0.2, 0.25) is 10.0 Å². The molecular formula is C19H24Cl2N6O4. The third-order valence-corrected chi connectivity index (χ3v) is 5.10. The molecule has 0 aliphatic rings. The Morgan fingerprint density at radius 1 is 1.32 bits per heavy atom. The molecule has 31 heavy (non-hydrogen) atoms. The lowest BCUT2D eigenvalue weighted by atomic mass is 10.3. The first kappa shape index (κ1) is 23.1. The van der Waals surface area contributed by atoms with E-state index in [0.717, 1.165) is 6.54 Å².